The van der Waals surface area contributed by atoms with Crippen LogP contribution in [-0.2, 0) is 14.3 Å². The first kappa shape index (κ1) is 22.3. The van der Waals surface area contributed by atoms with Crippen LogP contribution in [0, 0.1) is 0 Å². The van der Waals surface area contributed by atoms with E-state index in [-0.39, 0.29) is 18.1 Å². The number of carbonyl (C=O) groups is 1. The van der Waals surface area contributed by atoms with Gasteiger partial charge in [0.05, 0.1) is 22.3 Å². The fourth-order valence-electron chi connectivity index (χ4n) is 2.30. The molecule has 0 saturated carbocycles. The number of aromatic nitrogens is 1. The van der Waals surface area contributed by atoms with Gasteiger partial charge in [-0.15, -0.1) is 0 Å². The van der Waals surface area contributed by atoms with Crippen molar-refractivity contribution in [3.63, 3.8) is 0 Å². The number of benzene rings is 1. The van der Waals surface area contributed by atoms with Gasteiger partial charge in [-0.05, 0) is 37.6 Å². The molecule has 0 aliphatic carbocycles. The van der Waals surface area contributed by atoms with E-state index in [1.165, 1.54) is 18.3 Å². The maximum atomic E-state index is 12.0. The van der Waals surface area contributed by atoms with Crippen LogP contribution in [0.25, 0.3) is 11.3 Å². The molecular formula is C20H23Cl2NO5. The van der Waals surface area contributed by atoms with Crippen molar-refractivity contribution < 1.29 is 24.1 Å². The van der Waals surface area contributed by atoms with Crippen molar-refractivity contribution in [3.05, 3.63) is 40.5 Å². The normalized spacial score (nSPS) is 11.9. The Morgan fingerprint density at radius 3 is 2.68 bits per heavy atom. The summed E-state index contributed by atoms with van der Waals surface area (Å²) in [6.07, 6.45) is 2.60. The van der Waals surface area contributed by atoms with Gasteiger partial charge in [0.2, 0.25) is 0 Å². The number of aromatic hydroxyl groups is 1. The Morgan fingerprint density at radius 2 is 2.00 bits per heavy atom. The third-order valence-electron chi connectivity index (χ3n) is 3.79. The van der Waals surface area contributed by atoms with Gasteiger partial charge in [-0.1, -0.05) is 36.5 Å². The van der Waals surface area contributed by atoms with Crippen LogP contribution in [0.1, 0.15) is 26.7 Å². The molecule has 0 radical (unpaired) electrons. The molecule has 0 saturated heterocycles. The molecule has 0 fully saturated rings. The fourth-order valence-corrected chi connectivity index (χ4v) is 2.79. The van der Waals surface area contributed by atoms with Crippen molar-refractivity contribution in [2.75, 3.05) is 19.8 Å². The van der Waals surface area contributed by atoms with E-state index in [0.717, 1.165) is 12.8 Å². The first-order valence-electron chi connectivity index (χ1n) is 8.97. The molecule has 0 aliphatic rings. The smallest absolute Gasteiger partial charge is 0.347 e. The molecule has 8 heteroatoms. The van der Waals surface area contributed by atoms with Crippen LogP contribution in [-0.4, -0.2) is 42.0 Å². The lowest BCUT2D eigenvalue weighted by atomic mass is 10.1. The van der Waals surface area contributed by atoms with Gasteiger partial charge in [0.15, 0.2) is 17.6 Å². The van der Waals surface area contributed by atoms with E-state index >= 15 is 0 Å². The number of hydrogen-bond donors (Lipinski definition) is 1. The average molecular weight is 428 g/mol. The molecule has 1 aromatic heterocycles. The first-order chi connectivity index (χ1) is 13.4. The zero-order valence-corrected chi connectivity index (χ0v) is 17.3. The maximum absolute atomic E-state index is 12.0. The van der Waals surface area contributed by atoms with E-state index in [1.54, 1.807) is 19.1 Å². The highest BCUT2D eigenvalue weighted by Crippen LogP contribution is 2.34. The van der Waals surface area contributed by atoms with Crippen molar-refractivity contribution in [2.45, 2.75) is 32.8 Å². The number of esters is 1. The Bertz CT molecular complexity index is 800. The summed E-state index contributed by atoms with van der Waals surface area (Å²) in [6.45, 7) is 4.76. The second kappa shape index (κ2) is 11.1. The van der Waals surface area contributed by atoms with Gasteiger partial charge in [-0.25, -0.2) is 4.79 Å². The van der Waals surface area contributed by atoms with Crippen molar-refractivity contribution >= 4 is 29.2 Å². The van der Waals surface area contributed by atoms with Crippen LogP contribution >= 0.6 is 23.2 Å². The molecule has 6 nitrogen and oxygen atoms in total. The number of phenols is 1. The second-order valence-corrected chi connectivity index (χ2v) is 6.90. The number of carbonyl (C=O) groups excluding carboxylic acids is 1. The van der Waals surface area contributed by atoms with E-state index in [2.05, 4.69) is 11.9 Å². The third kappa shape index (κ3) is 6.55. The molecule has 0 amide bonds. The SMILES string of the molecule is CCCCOCCOC(=O)C(C)Oc1ccc(-c2ncc(Cl)cc2Cl)cc1O. The van der Waals surface area contributed by atoms with Gasteiger partial charge in [0, 0.05) is 18.4 Å². The lowest BCUT2D eigenvalue weighted by Crippen LogP contribution is -2.27. The molecule has 152 valence electrons. The van der Waals surface area contributed by atoms with Crippen molar-refractivity contribution in [3.8, 4) is 22.8 Å². The highest BCUT2D eigenvalue weighted by atomic mass is 35.5. The molecule has 28 heavy (non-hydrogen) atoms. The predicted octanol–water partition coefficient (Wildman–Crippen LogP) is 4.89. The molecule has 1 aromatic carbocycles. The van der Waals surface area contributed by atoms with Crippen LogP contribution in [0.3, 0.4) is 0 Å². The topological polar surface area (TPSA) is 77.9 Å². The summed E-state index contributed by atoms with van der Waals surface area (Å²) in [5.74, 6) is -0.532. The molecule has 0 aliphatic heterocycles. The number of unbranched alkanes of at least 4 members (excludes halogenated alkanes) is 1. The van der Waals surface area contributed by atoms with Gasteiger partial charge in [-0.3, -0.25) is 4.98 Å². The zero-order valence-electron chi connectivity index (χ0n) is 15.8. The van der Waals surface area contributed by atoms with Crippen LogP contribution in [0.2, 0.25) is 10.0 Å². The van der Waals surface area contributed by atoms with Gasteiger partial charge >= 0.3 is 5.97 Å². The molecule has 1 atom stereocenters. The summed E-state index contributed by atoms with van der Waals surface area (Å²) in [4.78, 5) is 16.2. The quantitative estimate of drug-likeness (QED) is 0.429. The van der Waals surface area contributed by atoms with Gasteiger partial charge in [0.25, 0.3) is 0 Å². The van der Waals surface area contributed by atoms with Crippen molar-refractivity contribution in [1.29, 1.82) is 0 Å². The second-order valence-electron chi connectivity index (χ2n) is 6.06. The molecular weight excluding hydrogens is 405 g/mol. The van der Waals surface area contributed by atoms with E-state index in [9.17, 15) is 9.90 Å². The molecule has 1 N–H and O–H groups in total. The predicted molar refractivity (Wildman–Crippen MR) is 108 cm³/mol. The summed E-state index contributed by atoms with van der Waals surface area (Å²) in [6, 6.07) is 6.24. The lowest BCUT2D eigenvalue weighted by Gasteiger charge is -2.15. The number of hydrogen-bond acceptors (Lipinski definition) is 6. The van der Waals surface area contributed by atoms with E-state index in [1.807, 2.05) is 0 Å². The highest BCUT2D eigenvalue weighted by molar-refractivity contribution is 6.36. The third-order valence-corrected chi connectivity index (χ3v) is 4.28. The standard InChI is InChI=1S/C20H23Cl2NO5/c1-3-4-7-26-8-9-27-20(25)13(2)28-18-6-5-14(10-17(18)24)19-16(22)11-15(21)12-23-19/h5-6,10-13,24H,3-4,7-9H2,1-2H3. The minimum atomic E-state index is -0.885. The van der Waals surface area contributed by atoms with E-state index < -0.39 is 12.1 Å². The van der Waals surface area contributed by atoms with Gasteiger partial charge < -0.3 is 19.3 Å². The van der Waals surface area contributed by atoms with Gasteiger partial charge in [-0.2, -0.15) is 0 Å². The van der Waals surface area contributed by atoms with Gasteiger partial charge in [0.1, 0.15) is 6.61 Å². The molecule has 0 bridgehead atoms. The number of pyridine rings is 1. The van der Waals surface area contributed by atoms with E-state index in [0.29, 0.717) is 34.5 Å². The minimum Gasteiger partial charge on any atom is -0.504 e. The largest absolute Gasteiger partial charge is 0.504 e. The molecule has 1 heterocycles. The summed E-state index contributed by atoms with van der Waals surface area (Å²) < 4.78 is 15.9. The Balaban J connectivity index is 1.92. The van der Waals surface area contributed by atoms with Crippen LogP contribution in [0.5, 0.6) is 11.5 Å². The number of ether oxygens (including phenoxy) is 3. The first-order valence-corrected chi connectivity index (χ1v) is 9.73. The number of nitrogens with zero attached hydrogens (tertiary/aromatic N) is 1. The van der Waals surface area contributed by atoms with E-state index in [4.69, 9.17) is 37.4 Å². The number of phenolic OH excluding ortho intramolecular Hbond substituents is 1. The Morgan fingerprint density at radius 1 is 1.21 bits per heavy atom. The fraction of sp³-hybridized carbons (Fsp3) is 0.400. The van der Waals surface area contributed by atoms with Crippen molar-refractivity contribution in [2.24, 2.45) is 0 Å². The van der Waals surface area contributed by atoms with Crippen LogP contribution < -0.4 is 4.74 Å². The minimum absolute atomic E-state index is 0.145. The van der Waals surface area contributed by atoms with Crippen LogP contribution in [0.15, 0.2) is 30.5 Å². The lowest BCUT2D eigenvalue weighted by molar-refractivity contribution is -0.152. The highest BCUT2D eigenvalue weighted by Gasteiger charge is 2.18. The number of rotatable bonds is 10. The maximum Gasteiger partial charge on any atom is 0.347 e. The molecule has 2 aromatic rings. The summed E-state index contributed by atoms with van der Waals surface area (Å²) in [7, 11) is 0. The zero-order chi connectivity index (χ0) is 20.5. The number of halogens is 2. The van der Waals surface area contributed by atoms with Crippen LogP contribution in [0.4, 0.5) is 0 Å². The summed E-state index contributed by atoms with van der Waals surface area (Å²) in [5, 5.41) is 11.0. The van der Waals surface area contributed by atoms with Crippen molar-refractivity contribution in [1.82, 2.24) is 4.98 Å². The monoisotopic (exact) mass is 427 g/mol. The Labute approximate surface area is 174 Å². The molecule has 1 unspecified atom stereocenters. The molecule has 2 rings (SSSR count). The summed E-state index contributed by atoms with van der Waals surface area (Å²) >= 11 is 12.0. The average Bonchev–Trinajstić information content (AvgIpc) is 2.66. The molecule has 0 spiro atoms. The Hall–Kier alpha value is -2.02. The Kier molecular flexibility index (Phi) is 8.83. The summed E-state index contributed by atoms with van der Waals surface area (Å²) in [5.41, 5.74) is 1.06.